The Bertz CT molecular complexity index is 192. The summed E-state index contributed by atoms with van der Waals surface area (Å²) in [5.41, 5.74) is 0. The van der Waals surface area contributed by atoms with Gasteiger partial charge in [0.25, 0.3) is 0 Å². The second-order valence-electron chi connectivity index (χ2n) is 3.56. The molecule has 0 aliphatic carbocycles. The average molecular weight is 188 g/mol. The predicted molar refractivity (Wildman–Crippen MR) is 45.9 cm³/mol. The molecule has 0 radical (unpaired) electrons. The van der Waals surface area contributed by atoms with Crippen LogP contribution < -0.4 is 0 Å². The van der Waals surface area contributed by atoms with E-state index in [1.54, 1.807) is 0 Å². The molecule has 1 rings (SSSR count). The van der Waals surface area contributed by atoms with Crippen LogP contribution in [0.3, 0.4) is 0 Å². The molecule has 4 heteroatoms. The van der Waals surface area contributed by atoms with E-state index in [9.17, 15) is 9.90 Å². The highest BCUT2D eigenvalue weighted by Gasteiger charge is 2.48. The molecule has 0 unspecified atom stereocenters. The van der Waals surface area contributed by atoms with Gasteiger partial charge in [-0.3, -0.25) is 4.79 Å². The number of carbonyl (C=O) groups is 1. The summed E-state index contributed by atoms with van der Waals surface area (Å²) >= 11 is 0. The van der Waals surface area contributed by atoms with Crippen LogP contribution in [0, 0.1) is 11.8 Å². The number of aliphatic hydroxyl groups excluding tert-OH is 2. The minimum atomic E-state index is -0.934. The van der Waals surface area contributed by atoms with Crippen LogP contribution in [0.1, 0.15) is 20.3 Å². The molecule has 76 valence electrons. The van der Waals surface area contributed by atoms with Crippen molar-refractivity contribution < 1.29 is 19.7 Å². The van der Waals surface area contributed by atoms with Gasteiger partial charge in [0.15, 0.2) is 0 Å². The maximum Gasteiger partial charge on any atom is 0.313 e. The normalized spacial score (nSPS) is 31.8. The van der Waals surface area contributed by atoms with Crippen molar-refractivity contribution in [1.82, 2.24) is 0 Å². The summed E-state index contributed by atoms with van der Waals surface area (Å²) in [5.74, 6) is -0.300. The van der Waals surface area contributed by atoms with Crippen LogP contribution in [0.4, 0.5) is 0 Å². The standard InChI is InChI=1S/C9H16O4/c1-3-5(2)7-8(6(11)4-10)13-9(7)12/h5-8,10-11H,3-4H2,1-2H3/t5-,6+,7-,8-/m0/s1. The molecule has 1 heterocycles. The predicted octanol–water partition coefficient (Wildman–Crippen LogP) is -0.0727. The molecule has 1 aliphatic rings. The molecule has 4 atom stereocenters. The molecular weight excluding hydrogens is 172 g/mol. The largest absolute Gasteiger partial charge is 0.458 e. The molecule has 13 heavy (non-hydrogen) atoms. The maximum atomic E-state index is 11.0. The number of aliphatic hydroxyl groups is 2. The Kier molecular flexibility index (Phi) is 3.27. The number of esters is 1. The SMILES string of the molecule is CC[C@H](C)[C@@H]1C(=O)O[C@H]1[C@H](O)CO. The van der Waals surface area contributed by atoms with Crippen molar-refractivity contribution in [2.75, 3.05) is 6.61 Å². The van der Waals surface area contributed by atoms with Crippen molar-refractivity contribution in [2.24, 2.45) is 11.8 Å². The molecule has 2 N–H and O–H groups in total. The van der Waals surface area contributed by atoms with Crippen LogP contribution in [0.15, 0.2) is 0 Å². The first kappa shape index (κ1) is 10.5. The molecule has 1 fully saturated rings. The molecule has 1 saturated heterocycles. The first-order chi connectivity index (χ1) is 6.11. The molecule has 0 saturated carbocycles. The molecule has 0 aromatic carbocycles. The van der Waals surface area contributed by atoms with Crippen LogP contribution in [-0.4, -0.2) is 35.0 Å². The van der Waals surface area contributed by atoms with Crippen molar-refractivity contribution >= 4 is 5.97 Å². The fourth-order valence-corrected chi connectivity index (χ4v) is 1.58. The zero-order valence-electron chi connectivity index (χ0n) is 7.93. The molecule has 0 bridgehead atoms. The third kappa shape index (κ3) is 1.84. The molecule has 0 spiro atoms. The summed E-state index contributed by atoms with van der Waals surface area (Å²) < 4.78 is 4.78. The number of carbonyl (C=O) groups excluding carboxylic acids is 1. The summed E-state index contributed by atoms with van der Waals surface area (Å²) in [7, 11) is 0. The van der Waals surface area contributed by atoms with E-state index in [1.165, 1.54) is 0 Å². The maximum absolute atomic E-state index is 11.0. The number of hydrogen-bond donors (Lipinski definition) is 2. The Morgan fingerprint density at radius 1 is 1.62 bits per heavy atom. The number of rotatable bonds is 4. The van der Waals surface area contributed by atoms with Gasteiger partial charge >= 0.3 is 5.97 Å². The van der Waals surface area contributed by atoms with Gasteiger partial charge in [0.2, 0.25) is 0 Å². The monoisotopic (exact) mass is 188 g/mol. The van der Waals surface area contributed by atoms with Gasteiger partial charge in [-0.2, -0.15) is 0 Å². The van der Waals surface area contributed by atoms with Gasteiger partial charge in [0.05, 0.1) is 12.5 Å². The van der Waals surface area contributed by atoms with Crippen LogP contribution in [-0.2, 0) is 9.53 Å². The highest BCUT2D eigenvalue weighted by molar-refractivity contribution is 5.79. The van der Waals surface area contributed by atoms with Crippen molar-refractivity contribution in [1.29, 1.82) is 0 Å². The fourth-order valence-electron chi connectivity index (χ4n) is 1.58. The van der Waals surface area contributed by atoms with E-state index in [-0.39, 0.29) is 24.4 Å². The third-order valence-corrected chi connectivity index (χ3v) is 2.70. The fraction of sp³-hybridized carbons (Fsp3) is 0.889. The summed E-state index contributed by atoms with van der Waals surface area (Å²) in [5, 5.41) is 18.0. The summed E-state index contributed by atoms with van der Waals surface area (Å²) in [6.45, 7) is 3.58. The van der Waals surface area contributed by atoms with E-state index in [1.807, 2.05) is 13.8 Å². The molecule has 4 nitrogen and oxygen atoms in total. The summed E-state index contributed by atoms with van der Waals surface area (Å²) in [4.78, 5) is 11.0. The zero-order valence-corrected chi connectivity index (χ0v) is 7.93. The number of cyclic esters (lactones) is 1. The van der Waals surface area contributed by atoms with Gasteiger partial charge in [-0.25, -0.2) is 0 Å². The molecule has 1 aliphatic heterocycles. The topological polar surface area (TPSA) is 66.8 Å². The Balaban J connectivity index is 2.55. The highest BCUT2D eigenvalue weighted by Crippen LogP contribution is 2.33. The molecule has 0 aromatic heterocycles. The highest BCUT2D eigenvalue weighted by atomic mass is 16.6. The molecule has 0 aromatic rings. The van der Waals surface area contributed by atoms with Gasteiger partial charge in [-0.1, -0.05) is 20.3 Å². The Labute approximate surface area is 77.5 Å². The molecular formula is C9H16O4. The van der Waals surface area contributed by atoms with E-state index >= 15 is 0 Å². The summed E-state index contributed by atoms with van der Waals surface area (Å²) in [6.07, 6.45) is -0.571. The Hall–Kier alpha value is -0.610. The minimum Gasteiger partial charge on any atom is -0.458 e. The van der Waals surface area contributed by atoms with E-state index in [2.05, 4.69) is 0 Å². The lowest BCUT2D eigenvalue weighted by Crippen LogP contribution is -2.55. The smallest absolute Gasteiger partial charge is 0.313 e. The van der Waals surface area contributed by atoms with E-state index in [0.29, 0.717) is 0 Å². The second-order valence-corrected chi connectivity index (χ2v) is 3.56. The van der Waals surface area contributed by atoms with E-state index in [0.717, 1.165) is 6.42 Å². The van der Waals surface area contributed by atoms with Gasteiger partial charge in [-0.05, 0) is 5.92 Å². The van der Waals surface area contributed by atoms with Crippen molar-refractivity contribution in [3.05, 3.63) is 0 Å². The third-order valence-electron chi connectivity index (χ3n) is 2.70. The average Bonchev–Trinajstić information content (AvgIpc) is 2.12. The van der Waals surface area contributed by atoms with Crippen molar-refractivity contribution in [2.45, 2.75) is 32.5 Å². The quantitative estimate of drug-likeness (QED) is 0.606. The zero-order chi connectivity index (χ0) is 10.0. The van der Waals surface area contributed by atoms with Crippen molar-refractivity contribution in [3.63, 3.8) is 0 Å². The van der Waals surface area contributed by atoms with Crippen molar-refractivity contribution in [3.8, 4) is 0 Å². The second kappa shape index (κ2) is 4.07. The van der Waals surface area contributed by atoms with Gasteiger partial charge in [0, 0.05) is 0 Å². The van der Waals surface area contributed by atoms with E-state index in [4.69, 9.17) is 9.84 Å². The van der Waals surface area contributed by atoms with E-state index < -0.39 is 12.2 Å². The van der Waals surface area contributed by atoms with Gasteiger partial charge in [-0.15, -0.1) is 0 Å². The van der Waals surface area contributed by atoms with Crippen LogP contribution in [0.5, 0.6) is 0 Å². The van der Waals surface area contributed by atoms with Crippen LogP contribution in [0.2, 0.25) is 0 Å². The lowest BCUT2D eigenvalue weighted by Gasteiger charge is -2.40. The summed E-state index contributed by atoms with van der Waals surface area (Å²) in [6, 6.07) is 0. The minimum absolute atomic E-state index is 0.201. The lowest BCUT2D eigenvalue weighted by molar-refractivity contribution is -0.206. The Morgan fingerprint density at radius 2 is 2.23 bits per heavy atom. The van der Waals surface area contributed by atoms with Gasteiger partial charge in [0.1, 0.15) is 12.2 Å². The first-order valence-electron chi connectivity index (χ1n) is 4.61. The van der Waals surface area contributed by atoms with Gasteiger partial charge < -0.3 is 14.9 Å². The first-order valence-corrected chi connectivity index (χ1v) is 4.61. The van der Waals surface area contributed by atoms with Crippen LogP contribution >= 0.6 is 0 Å². The van der Waals surface area contributed by atoms with Crippen LogP contribution in [0.25, 0.3) is 0 Å². The number of hydrogen-bond acceptors (Lipinski definition) is 4. The Morgan fingerprint density at radius 3 is 2.62 bits per heavy atom. The molecule has 0 amide bonds. The number of ether oxygens (including phenoxy) is 1. The lowest BCUT2D eigenvalue weighted by atomic mass is 9.81.